The Labute approximate surface area is 197 Å². The number of Topliss-reactive ketones (excluding diaryl/α,β-unsaturated/α-hetero) is 1. The predicted molar refractivity (Wildman–Crippen MR) is 129 cm³/mol. The summed E-state index contributed by atoms with van der Waals surface area (Å²) in [7, 11) is 0. The molecule has 0 aromatic heterocycles. The standard InChI is InChI=1S/C28H36O5/c1-18(23-27(6,31)17-19(2)21(4)32-23)15-13-11-9-8-10-12-14-16-26(5)24-20(3)22(29)28(26,7)25(30)33-24/h8-17,20-21,23-24,31H,1-7H3/b9-8+,12-10+,13-11+,16-14+,18-15+/t20?,21-,23-,24?,26?,27-,28?/m1/s1. The van der Waals surface area contributed by atoms with Gasteiger partial charge in [-0.2, -0.15) is 0 Å². The molecule has 0 aromatic rings. The van der Waals surface area contributed by atoms with Gasteiger partial charge < -0.3 is 14.6 Å². The lowest BCUT2D eigenvalue weighted by molar-refractivity contribution is -0.161. The summed E-state index contributed by atoms with van der Waals surface area (Å²) in [4.78, 5) is 24.8. The van der Waals surface area contributed by atoms with Gasteiger partial charge in [0.2, 0.25) is 0 Å². The monoisotopic (exact) mass is 452 g/mol. The summed E-state index contributed by atoms with van der Waals surface area (Å²) >= 11 is 0. The fourth-order valence-electron chi connectivity index (χ4n) is 5.24. The number of carbonyl (C=O) groups excluding carboxylic acids is 2. The number of allylic oxidation sites excluding steroid dienone is 8. The number of carbonyl (C=O) groups is 2. The zero-order valence-electron chi connectivity index (χ0n) is 20.7. The van der Waals surface area contributed by atoms with Gasteiger partial charge in [0.1, 0.15) is 23.2 Å². The molecule has 33 heavy (non-hydrogen) atoms. The number of hydrogen-bond donors (Lipinski definition) is 1. The molecule has 1 saturated heterocycles. The molecule has 7 atom stereocenters. The van der Waals surface area contributed by atoms with Crippen molar-refractivity contribution in [2.24, 2.45) is 16.7 Å². The maximum Gasteiger partial charge on any atom is 0.320 e. The molecule has 0 spiro atoms. The summed E-state index contributed by atoms with van der Waals surface area (Å²) in [5, 5.41) is 10.7. The van der Waals surface area contributed by atoms with Crippen molar-refractivity contribution in [3.05, 3.63) is 71.9 Å². The van der Waals surface area contributed by atoms with E-state index < -0.39 is 28.5 Å². The Morgan fingerprint density at radius 2 is 1.58 bits per heavy atom. The second-order valence-corrected chi connectivity index (χ2v) is 10.1. The fraction of sp³-hybridized carbons (Fsp3) is 0.500. The van der Waals surface area contributed by atoms with Crippen molar-refractivity contribution in [2.75, 3.05) is 0 Å². The maximum absolute atomic E-state index is 12.6. The highest BCUT2D eigenvalue weighted by atomic mass is 16.6. The Bertz CT molecular complexity index is 992. The zero-order valence-corrected chi connectivity index (χ0v) is 20.7. The number of hydrogen-bond acceptors (Lipinski definition) is 5. The average molecular weight is 453 g/mol. The molecule has 2 heterocycles. The van der Waals surface area contributed by atoms with Crippen LogP contribution >= 0.6 is 0 Å². The molecule has 2 bridgehead atoms. The Hall–Kier alpha value is -2.50. The van der Waals surface area contributed by atoms with Gasteiger partial charge in [-0.25, -0.2) is 0 Å². The van der Waals surface area contributed by atoms with Crippen molar-refractivity contribution in [3.8, 4) is 0 Å². The SMILES string of the molecule is CC1=C[C@@](C)(O)[C@@H](/C(C)=C/C=C/C=C/C=C/C=C/C2(C)C3OC(=O)C2(C)C(=O)C3C)O[C@@H]1C. The first kappa shape index (κ1) is 25.1. The first-order valence-electron chi connectivity index (χ1n) is 11.5. The van der Waals surface area contributed by atoms with Gasteiger partial charge >= 0.3 is 5.97 Å². The molecule has 3 rings (SSSR count). The molecule has 178 valence electrons. The van der Waals surface area contributed by atoms with E-state index in [0.29, 0.717) is 0 Å². The highest BCUT2D eigenvalue weighted by Gasteiger charge is 2.73. The third-order valence-electron chi connectivity index (χ3n) is 7.59. The Morgan fingerprint density at radius 3 is 2.18 bits per heavy atom. The summed E-state index contributed by atoms with van der Waals surface area (Å²) in [5.41, 5.74) is -0.784. The first-order chi connectivity index (χ1) is 15.4. The van der Waals surface area contributed by atoms with Crippen molar-refractivity contribution in [2.45, 2.75) is 72.4 Å². The van der Waals surface area contributed by atoms with Crippen LogP contribution in [0.1, 0.15) is 48.5 Å². The van der Waals surface area contributed by atoms with E-state index in [1.54, 1.807) is 13.8 Å². The molecule has 0 amide bonds. The highest BCUT2D eigenvalue weighted by molar-refractivity contribution is 6.10. The number of esters is 1. The second-order valence-electron chi connectivity index (χ2n) is 10.1. The Morgan fingerprint density at radius 1 is 1.00 bits per heavy atom. The van der Waals surface area contributed by atoms with Gasteiger partial charge in [-0.1, -0.05) is 68.5 Å². The van der Waals surface area contributed by atoms with Crippen LogP contribution in [-0.2, 0) is 19.1 Å². The number of fused-ring (bicyclic) bond motifs is 2. The normalized spacial score (nSPS) is 41.8. The lowest BCUT2D eigenvalue weighted by Crippen LogP contribution is -2.46. The molecule has 1 saturated carbocycles. The summed E-state index contributed by atoms with van der Waals surface area (Å²) in [5.74, 6) is -0.728. The molecule has 3 aliphatic rings. The van der Waals surface area contributed by atoms with Crippen molar-refractivity contribution >= 4 is 11.8 Å². The second kappa shape index (κ2) is 9.03. The van der Waals surface area contributed by atoms with Crippen molar-refractivity contribution in [3.63, 3.8) is 0 Å². The minimum atomic E-state index is -1.11. The number of rotatable bonds is 6. The van der Waals surface area contributed by atoms with Gasteiger partial charge in [-0.3, -0.25) is 9.59 Å². The van der Waals surface area contributed by atoms with E-state index in [1.807, 2.05) is 95.4 Å². The van der Waals surface area contributed by atoms with Crippen LogP contribution in [0.5, 0.6) is 0 Å². The third-order valence-corrected chi connectivity index (χ3v) is 7.59. The van der Waals surface area contributed by atoms with Crippen LogP contribution in [0, 0.1) is 16.7 Å². The van der Waals surface area contributed by atoms with E-state index in [1.165, 1.54) is 0 Å². The van der Waals surface area contributed by atoms with Gasteiger partial charge in [0.05, 0.1) is 12.0 Å². The largest absolute Gasteiger partial charge is 0.460 e. The molecular formula is C28H36O5. The highest BCUT2D eigenvalue weighted by Crippen LogP contribution is 2.60. The van der Waals surface area contributed by atoms with Gasteiger partial charge in [-0.15, -0.1) is 0 Å². The maximum atomic E-state index is 12.6. The quantitative estimate of drug-likeness (QED) is 0.271. The van der Waals surface area contributed by atoms with Crippen LogP contribution in [-0.4, -0.2) is 40.8 Å². The van der Waals surface area contributed by atoms with Crippen LogP contribution < -0.4 is 0 Å². The molecule has 2 aliphatic heterocycles. The van der Waals surface area contributed by atoms with Crippen molar-refractivity contribution < 1.29 is 24.2 Å². The third kappa shape index (κ3) is 4.24. The van der Waals surface area contributed by atoms with E-state index in [9.17, 15) is 14.7 Å². The van der Waals surface area contributed by atoms with Crippen LogP contribution in [0.4, 0.5) is 0 Å². The Balaban J connectivity index is 1.57. The number of ketones is 1. The molecular weight excluding hydrogens is 416 g/mol. The van der Waals surface area contributed by atoms with Crippen molar-refractivity contribution in [1.29, 1.82) is 0 Å². The van der Waals surface area contributed by atoms with Gasteiger partial charge in [0, 0.05) is 5.41 Å². The van der Waals surface area contributed by atoms with E-state index >= 15 is 0 Å². The molecule has 0 aromatic carbocycles. The van der Waals surface area contributed by atoms with Gasteiger partial charge in [0.15, 0.2) is 5.78 Å². The molecule has 1 aliphatic carbocycles. The molecule has 4 unspecified atom stereocenters. The molecule has 1 N–H and O–H groups in total. The van der Waals surface area contributed by atoms with Gasteiger partial charge in [-0.05, 0) is 51.8 Å². The molecule has 5 nitrogen and oxygen atoms in total. The van der Waals surface area contributed by atoms with Crippen LogP contribution in [0.25, 0.3) is 0 Å². The molecule has 0 radical (unpaired) electrons. The topological polar surface area (TPSA) is 72.8 Å². The van der Waals surface area contributed by atoms with Crippen LogP contribution in [0.3, 0.4) is 0 Å². The summed E-state index contributed by atoms with van der Waals surface area (Å²) in [6.45, 7) is 13.1. The summed E-state index contributed by atoms with van der Waals surface area (Å²) in [6.07, 6.45) is 18.2. The average Bonchev–Trinajstić information content (AvgIpc) is 3.02. The van der Waals surface area contributed by atoms with E-state index in [4.69, 9.17) is 9.47 Å². The van der Waals surface area contributed by atoms with E-state index in [2.05, 4.69) is 0 Å². The van der Waals surface area contributed by atoms with Crippen molar-refractivity contribution in [1.82, 2.24) is 0 Å². The smallest absolute Gasteiger partial charge is 0.320 e. The van der Waals surface area contributed by atoms with E-state index in [-0.39, 0.29) is 23.9 Å². The zero-order chi connectivity index (χ0) is 24.6. The summed E-state index contributed by atoms with van der Waals surface area (Å²) in [6, 6.07) is 0. The lowest BCUT2D eigenvalue weighted by Gasteiger charge is -2.38. The minimum Gasteiger partial charge on any atom is -0.460 e. The first-order valence-corrected chi connectivity index (χ1v) is 11.5. The van der Waals surface area contributed by atoms with Crippen LogP contribution in [0.15, 0.2) is 71.9 Å². The Kier molecular flexibility index (Phi) is 6.88. The number of ether oxygens (including phenoxy) is 2. The lowest BCUT2D eigenvalue weighted by atomic mass is 9.68. The van der Waals surface area contributed by atoms with E-state index in [0.717, 1.165) is 11.1 Å². The molecule has 5 heteroatoms. The minimum absolute atomic E-state index is 0.0177. The molecule has 2 fully saturated rings. The summed E-state index contributed by atoms with van der Waals surface area (Å²) < 4.78 is 11.5. The number of aliphatic hydroxyl groups is 1. The fourth-order valence-corrected chi connectivity index (χ4v) is 5.24. The van der Waals surface area contributed by atoms with Gasteiger partial charge in [0.25, 0.3) is 0 Å². The van der Waals surface area contributed by atoms with Crippen LogP contribution in [0.2, 0.25) is 0 Å². The predicted octanol–water partition coefficient (Wildman–Crippen LogP) is 4.80.